The first kappa shape index (κ1) is 19.0. The van der Waals surface area contributed by atoms with Crippen molar-refractivity contribution in [3.05, 3.63) is 12.2 Å². The van der Waals surface area contributed by atoms with E-state index in [0.29, 0.717) is 17.8 Å². The molecule has 7 atom stereocenters. The lowest BCUT2D eigenvalue weighted by Crippen LogP contribution is -2.60. The van der Waals surface area contributed by atoms with Gasteiger partial charge in [-0.15, -0.1) is 0 Å². The van der Waals surface area contributed by atoms with Crippen LogP contribution in [0.15, 0.2) is 12.2 Å². The van der Waals surface area contributed by atoms with E-state index in [1.165, 1.54) is 14.0 Å². The first-order valence-electron chi connectivity index (χ1n) is 10.6. The SMILES string of the molecule is C=C1C(OC(C)=O)[C@@]23CC[C@@H]4C(C)(C(=O)OC)CCCC4(C)[C@@H]2CC[C@@H]1C3. The molecule has 150 valence electrons. The van der Waals surface area contributed by atoms with Gasteiger partial charge in [-0.3, -0.25) is 9.59 Å². The summed E-state index contributed by atoms with van der Waals surface area (Å²) >= 11 is 0. The fourth-order valence-corrected chi connectivity index (χ4v) is 8.17. The smallest absolute Gasteiger partial charge is 0.311 e. The molecule has 4 rings (SSSR count). The molecule has 4 fully saturated rings. The number of carbonyl (C=O) groups is 2. The number of methoxy groups -OCH3 is 1. The minimum absolute atomic E-state index is 0.0191. The van der Waals surface area contributed by atoms with Crippen molar-refractivity contribution in [1.82, 2.24) is 0 Å². The maximum Gasteiger partial charge on any atom is 0.311 e. The van der Waals surface area contributed by atoms with Gasteiger partial charge in [-0.1, -0.05) is 19.9 Å². The molecule has 0 aromatic heterocycles. The Hall–Kier alpha value is -1.32. The Kier molecular flexibility index (Phi) is 4.29. The minimum atomic E-state index is -0.396. The maximum absolute atomic E-state index is 12.8. The Morgan fingerprint density at radius 2 is 1.81 bits per heavy atom. The van der Waals surface area contributed by atoms with Gasteiger partial charge >= 0.3 is 11.9 Å². The van der Waals surface area contributed by atoms with Gasteiger partial charge in [0.25, 0.3) is 0 Å². The molecular weight excluding hydrogens is 340 g/mol. The van der Waals surface area contributed by atoms with Crippen LogP contribution in [0.5, 0.6) is 0 Å². The first-order valence-corrected chi connectivity index (χ1v) is 10.6. The van der Waals surface area contributed by atoms with Gasteiger partial charge in [-0.2, -0.15) is 0 Å². The lowest BCUT2D eigenvalue weighted by atomic mass is 9.40. The molecule has 0 heterocycles. The van der Waals surface area contributed by atoms with Crippen LogP contribution < -0.4 is 0 Å². The van der Waals surface area contributed by atoms with Gasteiger partial charge in [0.15, 0.2) is 0 Å². The van der Waals surface area contributed by atoms with Crippen molar-refractivity contribution in [2.75, 3.05) is 7.11 Å². The van der Waals surface area contributed by atoms with Crippen LogP contribution in [-0.4, -0.2) is 25.2 Å². The summed E-state index contributed by atoms with van der Waals surface area (Å²) in [6, 6.07) is 0. The highest BCUT2D eigenvalue weighted by molar-refractivity contribution is 5.77. The number of esters is 2. The summed E-state index contributed by atoms with van der Waals surface area (Å²) in [7, 11) is 1.52. The van der Waals surface area contributed by atoms with E-state index in [1.807, 2.05) is 0 Å². The Morgan fingerprint density at radius 1 is 1.07 bits per heavy atom. The second-order valence-electron chi connectivity index (χ2n) is 10.2. The Labute approximate surface area is 163 Å². The van der Waals surface area contributed by atoms with E-state index in [0.717, 1.165) is 56.9 Å². The second kappa shape index (κ2) is 6.09. The minimum Gasteiger partial charge on any atom is -0.469 e. The topological polar surface area (TPSA) is 52.6 Å². The third kappa shape index (κ3) is 2.40. The van der Waals surface area contributed by atoms with Crippen LogP contribution in [0.2, 0.25) is 0 Å². The van der Waals surface area contributed by atoms with Gasteiger partial charge in [-0.25, -0.2) is 0 Å². The molecule has 4 saturated carbocycles. The fourth-order valence-electron chi connectivity index (χ4n) is 8.17. The van der Waals surface area contributed by atoms with Crippen molar-refractivity contribution in [3.63, 3.8) is 0 Å². The van der Waals surface area contributed by atoms with E-state index in [2.05, 4.69) is 20.4 Å². The summed E-state index contributed by atoms with van der Waals surface area (Å²) < 4.78 is 11.2. The third-order valence-corrected chi connectivity index (χ3v) is 9.11. The van der Waals surface area contributed by atoms with Crippen LogP contribution in [0, 0.1) is 34.0 Å². The standard InChI is InChI=1S/C23H34O4/c1-14-16-7-8-18-21(3)10-6-11-22(4,20(25)26-5)17(21)9-12-23(18,13-16)19(14)27-15(2)24/h16-19H,1,6-13H2,2-5H3/t16-,17+,18+,19?,21?,22?,23-/m1/s1. The Bertz CT molecular complexity index is 684. The molecule has 0 radical (unpaired) electrons. The summed E-state index contributed by atoms with van der Waals surface area (Å²) in [5.74, 6) is 1.06. The molecule has 0 aliphatic heterocycles. The number of ether oxygens (including phenoxy) is 2. The van der Waals surface area contributed by atoms with E-state index in [4.69, 9.17) is 9.47 Å². The predicted octanol–water partition coefficient (Wildman–Crippen LogP) is 4.67. The molecule has 1 spiro atoms. The van der Waals surface area contributed by atoms with Crippen molar-refractivity contribution in [3.8, 4) is 0 Å². The van der Waals surface area contributed by atoms with Crippen molar-refractivity contribution < 1.29 is 19.1 Å². The van der Waals surface area contributed by atoms with Crippen molar-refractivity contribution in [2.45, 2.75) is 78.2 Å². The van der Waals surface area contributed by atoms with Gasteiger partial charge in [0.2, 0.25) is 0 Å². The third-order valence-electron chi connectivity index (χ3n) is 9.11. The molecule has 27 heavy (non-hydrogen) atoms. The largest absolute Gasteiger partial charge is 0.469 e. The monoisotopic (exact) mass is 374 g/mol. The zero-order chi connectivity index (χ0) is 19.6. The Balaban J connectivity index is 1.75. The number of fused-ring (bicyclic) bond motifs is 3. The number of hydrogen-bond donors (Lipinski definition) is 0. The molecule has 0 aromatic carbocycles. The van der Waals surface area contributed by atoms with Crippen molar-refractivity contribution in [2.24, 2.45) is 34.0 Å². The highest BCUT2D eigenvalue weighted by Crippen LogP contribution is 2.72. The Morgan fingerprint density at radius 3 is 2.48 bits per heavy atom. The van der Waals surface area contributed by atoms with E-state index >= 15 is 0 Å². The lowest BCUT2D eigenvalue weighted by molar-refractivity contribution is -0.197. The fraction of sp³-hybridized carbons (Fsp3) is 0.826. The van der Waals surface area contributed by atoms with E-state index in [-0.39, 0.29) is 28.9 Å². The van der Waals surface area contributed by atoms with E-state index in [1.54, 1.807) is 0 Å². The summed E-state index contributed by atoms with van der Waals surface area (Å²) in [5.41, 5.74) is 0.854. The molecule has 4 nitrogen and oxygen atoms in total. The molecule has 0 amide bonds. The van der Waals surface area contributed by atoms with Gasteiger partial charge in [0.1, 0.15) is 6.10 Å². The molecule has 4 aliphatic carbocycles. The predicted molar refractivity (Wildman–Crippen MR) is 103 cm³/mol. The average Bonchev–Trinajstić information content (AvgIpc) is 2.81. The van der Waals surface area contributed by atoms with Gasteiger partial charge in [-0.05, 0) is 80.6 Å². The molecule has 0 saturated heterocycles. The summed E-state index contributed by atoms with van der Waals surface area (Å²) in [6.45, 7) is 10.4. The van der Waals surface area contributed by atoms with Gasteiger partial charge < -0.3 is 9.47 Å². The zero-order valence-corrected chi connectivity index (χ0v) is 17.3. The molecule has 3 unspecified atom stereocenters. The van der Waals surface area contributed by atoms with Crippen LogP contribution in [0.1, 0.15) is 72.1 Å². The van der Waals surface area contributed by atoms with Crippen LogP contribution in [0.4, 0.5) is 0 Å². The molecule has 4 aliphatic rings. The summed E-state index contributed by atoms with van der Waals surface area (Å²) in [4.78, 5) is 24.6. The second-order valence-corrected chi connectivity index (χ2v) is 10.2. The molecule has 0 aromatic rings. The summed E-state index contributed by atoms with van der Waals surface area (Å²) in [6.07, 6.45) is 8.43. The lowest BCUT2D eigenvalue weighted by Gasteiger charge is -2.64. The highest BCUT2D eigenvalue weighted by atomic mass is 16.5. The molecule has 2 bridgehead atoms. The number of rotatable bonds is 2. The molecule has 0 N–H and O–H groups in total. The number of carbonyl (C=O) groups excluding carboxylic acids is 2. The van der Waals surface area contributed by atoms with Gasteiger partial charge in [0, 0.05) is 12.3 Å². The maximum atomic E-state index is 12.8. The van der Waals surface area contributed by atoms with Crippen LogP contribution in [-0.2, 0) is 19.1 Å². The van der Waals surface area contributed by atoms with Crippen LogP contribution in [0.25, 0.3) is 0 Å². The van der Waals surface area contributed by atoms with E-state index < -0.39 is 5.41 Å². The number of hydrogen-bond acceptors (Lipinski definition) is 4. The van der Waals surface area contributed by atoms with Crippen molar-refractivity contribution >= 4 is 11.9 Å². The first-order chi connectivity index (χ1) is 12.7. The molecular formula is C23H34O4. The average molecular weight is 375 g/mol. The van der Waals surface area contributed by atoms with E-state index in [9.17, 15) is 9.59 Å². The zero-order valence-electron chi connectivity index (χ0n) is 17.3. The highest BCUT2D eigenvalue weighted by Gasteiger charge is 2.68. The summed E-state index contributed by atoms with van der Waals surface area (Å²) in [5, 5.41) is 0. The molecule has 4 heteroatoms. The van der Waals surface area contributed by atoms with Gasteiger partial charge in [0.05, 0.1) is 12.5 Å². The van der Waals surface area contributed by atoms with Crippen LogP contribution in [0.3, 0.4) is 0 Å². The quantitative estimate of drug-likeness (QED) is 0.521. The van der Waals surface area contributed by atoms with Crippen LogP contribution >= 0.6 is 0 Å². The normalized spacial score (nSPS) is 48.4. The van der Waals surface area contributed by atoms with Crippen molar-refractivity contribution in [1.29, 1.82) is 0 Å².